The normalized spacial score (nSPS) is 13.8. The molecule has 0 aliphatic heterocycles. The van der Waals surface area contributed by atoms with Crippen molar-refractivity contribution in [3.05, 3.63) is 101 Å². The van der Waals surface area contributed by atoms with Gasteiger partial charge in [-0.25, -0.2) is 9.97 Å². The van der Waals surface area contributed by atoms with Gasteiger partial charge in [0, 0.05) is 16.6 Å². The van der Waals surface area contributed by atoms with Crippen LogP contribution in [0.3, 0.4) is 0 Å². The summed E-state index contributed by atoms with van der Waals surface area (Å²) in [6.07, 6.45) is 7.46. The highest BCUT2D eigenvalue weighted by Gasteiger charge is 2.23. The second-order valence-electron chi connectivity index (χ2n) is 9.42. The molecule has 1 saturated carbocycles. The van der Waals surface area contributed by atoms with Gasteiger partial charge in [-0.1, -0.05) is 108 Å². The van der Waals surface area contributed by atoms with Crippen molar-refractivity contribution >= 4 is 32.8 Å². The van der Waals surface area contributed by atoms with Crippen molar-refractivity contribution in [3.63, 3.8) is 0 Å². The van der Waals surface area contributed by atoms with Crippen LogP contribution >= 0.6 is 15.9 Å². The Bertz CT molecular complexity index is 1460. The lowest BCUT2D eigenvalue weighted by Gasteiger charge is -2.14. The summed E-state index contributed by atoms with van der Waals surface area (Å²) < 4.78 is 3.29. The average Bonchev–Trinajstić information content (AvgIpc) is 3.26. The molecule has 0 bridgehead atoms. The Kier molecular flexibility index (Phi) is 7.97. The number of nitrogens with zero attached hydrogens (tertiary/aromatic N) is 3. The zero-order valence-electron chi connectivity index (χ0n) is 20.7. The smallest absolute Gasteiger partial charge is 0.146 e. The number of nitrogen functional groups attached to an aromatic ring is 1. The van der Waals surface area contributed by atoms with E-state index >= 15 is 0 Å². The van der Waals surface area contributed by atoms with Gasteiger partial charge in [0.1, 0.15) is 17.8 Å². The number of hydrogen-bond acceptors (Lipinski definition) is 4. The first kappa shape index (κ1) is 25.2. The van der Waals surface area contributed by atoms with Crippen molar-refractivity contribution in [2.75, 3.05) is 5.73 Å². The maximum atomic E-state index is 8.91. The van der Waals surface area contributed by atoms with Crippen molar-refractivity contribution in [1.82, 2.24) is 14.5 Å². The zero-order chi connectivity index (χ0) is 25.6. The molecule has 0 amide bonds. The number of halogens is 1. The van der Waals surface area contributed by atoms with Crippen LogP contribution in [0.1, 0.15) is 37.7 Å². The summed E-state index contributed by atoms with van der Waals surface area (Å²) in [6, 6.07) is 29.1. The van der Waals surface area contributed by atoms with E-state index in [2.05, 4.69) is 85.1 Å². The molecule has 0 saturated heterocycles. The highest BCUT2D eigenvalue weighted by Crippen LogP contribution is 2.42. The summed E-state index contributed by atoms with van der Waals surface area (Å²) in [5, 5.41) is 9.80. The SMILES string of the molecule is Nc1ncnc2c1c(-c1ccccc1)c(-c1ccccc1)n2Cc1cccc(Br)c1.OC1CCCCC1. The van der Waals surface area contributed by atoms with Crippen LogP contribution in [0.25, 0.3) is 33.4 Å². The Morgan fingerprint density at radius 2 is 1.51 bits per heavy atom. The fraction of sp³-hybridized carbons (Fsp3) is 0.226. The van der Waals surface area contributed by atoms with Gasteiger partial charge >= 0.3 is 0 Å². The number of aromatic nitrogens is 3. The van der Waals surface area contributed by atoms with Crippen LogP contribution < -0.4 is 5.73 Å². The van der Waals surface area contributed by atoms with E-state index in [9.17, 15) is 0 Å². The first-order valence-electron chi connectivity index (χ1n) is 12.8. The number of rotatable bonds is 4. The van der Waals surface area contributed by atoms with Gasteiger partial charge in [-0.2, -0.15) is 0 Å². The van der Waals surface area contributed by atoms with E-state index in [1.807, 2.05) is 30.3 Å². The van der Waals surface area contributed by atoms with Crippen LogP contribution in [0.4, 0.5) is 5.82 Å². The lowest BCUT2D eigenvalue weighted by Crippen LogP contribution is -2.09. The lowest BCUT2D eigenvalue weighted by atomic mass is 9.98. The number of hydrogen-bond donors (Lipinski definition) is 2. The molecular weight excluding hydrogens is 524 g/mol. The molecule has 37 heavy (non-hydrogen) atoms. The third kappa shape index (κ3) is 5.76. The summed E-state index contributed by atoms with van der Waals surface area (Å²) in [5.41, 5.74) is 12.8. The van der Waals surface area contributed by atoms with E-state index in [4.69, 9.17) is 10.8 Å². The van der Waals surface area contributed by atoms with Gasteiger partial charge in [-0.05, 0) is 41.7 Å². The van der Waals surface area contributed by atoms with Crippen molar-refractivity contribution in [3.8, 4) is 22.4 Å². The first-order chi connectivity index (χ1) is 18.1. The summed E-state index contributed by atoms with van der Waals surface area (Å²) >= 11 is 3.59. The highest BCUT2D eigenvalue weighted by atomic mass is 79.9. The standard InChI is InChI=1S/C25H19BrN4.C6H12O/c26-20-13-7-8-17(14-20)15-30-23(19-11-5-2-6-12-19)21(18-9-3-1-4-10-18)22-24(27)28-16-29-25(22)30;7-6-4-2-1-3-5-6/h1-14,16H,15H2,(H2,27,28,29);6-7H,1-5H2. The van der Waals surface area contributed by atoms with Crippen molar-refractivity contribution in [2.24, 2.45) is 0 Å². The van der Waals surface area contributed by atoms with E-state index in [1.54, 1.807) is 6.33 Å². The average molecular weight is 556 g/mol. The van der Waals surface area contributed by atoms with Crippen LogP contribution in [0, 0.1) is 0 Å². The first-order valence-corrected chi connectivity index (χ1v) is 13.6. The van der Waals surface area contributed by atoms with E-state index in [-0.39, 0.29) is 6.10 Å². The fourth-order valence-corrected chi connectivity index (χ4v) is 5.47. The van der Waals surface area contributed by atoms with Crippen LogP contribution in [-0.4, -0.2) is 25.7 Å². The van der Waals surface area contributed by atoms with Gasteiger partial charge in [0.2, 0.25) is 0 Å². The van der Waals surface area contributed by atoms with Gasteiger partial charge in [0.05, 0.1) is 17.2 Å². The number of benzene rings is 3. The molecule has 6 rings (SSSR count). The molecule has 3 N–H and O–H groups in total. The molecule has 0 unspecified atom stereocenters. The summed E-state index contributed by atoms with van der Waals surface area (Å²) in [6.45, 7) is 0.670. The van der Waals surface area contributed by atoms with Crippen LogP contribution in [0.15, 0.2) is 95.7 Å². The maximum Gasteiger partial charge on any atom is 0.146 e. The Hall–Kier alpha value is -3.48. The van der Waals surface area contributed by atoms with Crippen LogP contribution in [0.5, 0.6) is 0 Å². The van der Waals surface area contributed by atoms with Crippen LogP contribution in [0.2, 0.25) is 0 Å². The van der Waals surface area contributed by atoms with Gasteiger partial charge < -0.3 is 15.4 Å². The lowest BCUT2D eigenvalue weighted by molar-refractivity contribution is 0.130. The van der Waals surface area contributed by atoms with Gasteiger partial charge in [0.15, 0.2) is 0 Å². The molecule has 5 aromatic rings. The predicted octanol–water partition coefficient (Wildman–Crippen LogP) is 7.47. The molecule has 2 heterocycles. The van der Waals surface area contributed by atoms with Crippen molar-refractivity contribution < 1.29 is 5.11 Å². The Morgan fingerprint density at radius 1 is 0.838 bits per heavy atom. The monoisotopic (exact) mass is 554 g/mol. The molecule has 1 aliphatic carbocycles. The Balaban J connectivity index is 0.000000348. The van der Waals surface area contributed by atoms with Crippen molar-refractivity contribution in [2.45, 2.75) is 44.8 Å². The summed E-state index contributed by atoms with van der Waals surface area (Å²) in [4.78, 5) is 8.96. The van der Waals surface area contributed by atoms with E-state index in [1.165, 1.54) is 24.8 Å². The number of nitrogens with two attached hydrogens (primary N) is 1. The molecule has 0 spiro atoms. The molecule has 5 nitrogen and oxygen atoms in total. The zero-order valence-corrected chi connectivity index (χ0v) is 22.3. The molecule has 3 aromatic carbocycles. The summed E-state index contributed by atoms with van der Waals surface area (Å²) in [5.74, 6) is 0.490. The molecule has 0 atom stereocenters. The summed E-state index contributed by atoms with van der Waals surface area (Å²) in [7, 11) is 0. The molecule has 0 radical (unpaired) electrons. The molecule has 6 heteroatoms. The van der Waals surface area contributed by atoms with Gasteiger partial charge in [-0.3, -0.25) is 0 Å². The third-order valence-corrected chi connectivity index (χ3v) is 7.28. The second kappa shape index (κ2) is 11.7. The van der Waals surface area contributed by atoms with Gasteiger partial charge in [-0.15, -0.1) is 0 Å². The van der Waals surface area contributed by atoms with E-state index < -0.39 is 0 Å². The Morgan fingerprint density at radius 3 is 2.14 bits per heavy atom. The van der Waals surface area contributed by atoms with Crippen molar-refractivity contribution in [1.29, 1.82) is 0 Å². The quantitative estimate of drug-likeness (QED) is 0.241. The van der Waals surface area contributed by atoms with E-state index in [0.717, 1.165) is 50.7 Å². The second-order valence-corrected chi connectivity index (χ2v) is 10.3. The molecule has 1 fully saturated rings. The number of aliphatic hydroxyl groups excluding tert-OH is 1. The molecule has 2 aromatic heterocycles. The third-order valence-electron chi connectivity index (χ3n) is 6.78. The largest absolute Gasteiger partial charge is 0.393 e. The minimum absolute atomic E-state index is 0.0359. The number of anilines is 1. The van der Waals surface area contributed by atoms with Gasteiger partial charge in [0.25, 0.3) is 0 Å². The molecule has 188 valence electrons. The van der Waals surface area contributed by atoms with E-state index in [0.29, 0.717) is 12.4 Å². The number of aliphatic hydroxyl groups is 1. The predicted molar refractivity (Wildman–Crippen MR) is 155 cm³/mol. The maximum absolute atomic E-state index is 8.91. The topological polar surface area (TPSA) is 77.0 Å². The minimum Gasteiger partial charge on any atom is -0.393 e. The fourth-order valence-electron chi connectivity index (χ4n) is 5.03. The highest BCUT2D eigenvalue weighted by molar-refractivity contribution is 9.10. The van der Waals surface area contributed by atoms with Crippen LogP contribution in [-0.2, 0) is 6.54 Å². The number of fused-ring (bicyclic) bond motifs is 1. The minimum atomic E-state index is 0.0359. The molecule has 1 aliphatic rings. The molecular formula is C31H31BrN4O. The Labute approximate surface area is 226 Å².